The van der Waals surface area contributed by atoms with Gasteiger partial charge in [0.1, 0.15) is 0 Å². The maximum Gasteiger partial charge on any atom is 0.0584 e. The molecular formula is C9H22N2O2. The largest absolute Gasteiger partial charge is 0.395 e. The zero-order valence-corrected chi connectivity index (χ0v) is 8.61. The first-order valence-electron chi connectivity index (χ1n) is 4.84. The molecule has 0 spiro atoms. The first-order chi connectivity index (χ1) is 6.17. The lowest BCUT2D eigenvalue weighted by atomic mass is 10.2. The topological polar surface area (TPSA) is 69.7 Å². The number of nitrogens with zero attached hydrogens (tertiary/aromatic N) is 1. The molecule has 4 nitrogen and oxygen atoms in total. The molecule has 4 N–H and O–H groups in total. The van der Waals surface area contributed by atoms with E-state index in [1.54, 1.807) is 0 Å². The van der Waals surface area contributed by atoms with Gasteiger partial charge in [-0.25, -0.2) is 0 Å². The fraction of sp³-hybridized carbons (Fsp3) is 1.00. The molecule has 2 atom stereocenters. The monoisotopic (exact) mass is 190 g/mol. The number of hydrogen-bond acceptors (Lipinski definition) is 4. The number of aliphatic hydroxyl groups excluding tert-OH is 2. The third kappa shape index (κ3) is 4.57. The van der Waals surface area contributed by atoms with Gasteiger partial charge in [0.25, 0.3) is 0 Å². The number of aliphatic hydroxyl groups is 2. The molecule has 80 valence electrons. The molecule has 2 unspecified atom stereocenters. The predicted molar refractivity (Wildman–Crippen MR) is 53.5 cm³/mol. The first kappa shape index (κ1) is 12.8. The maximum absolute atomic E-state index is 8.99. The van der Waals surface area contributed by atoms with Crippen LogP contribution in [0.1, 0.15) is 20.3 Å². The Labute approximate surface area is 80.3 Å². The van der Waals surface area contributed by atoms with Crippen LogP contribution < -0.4 is 5.73 Å². The van der Waals surface area contributed by atoms with Gasteiger partial charge in [-0.05, 0) is 26.8 Å². The van der Waals surface area contributed by atoms with Gasteiger partial charge in [0.2, 0.25) is 0 Å². The molecular weight excluding hydrogens is 168 g/mol. The lowest BCUT2D eigenvalue weighted by Gasteiger charge is -2.32. The van der Waals surface area contributed by atoms with Gasteiger partial charge in [-0.3, -0.25) is 4.90 Å². The minimum atomic E-state index is 0.0914. The van der Waals surface area contributed by atoms with Gasteiger partial charge in [-0.2, -0.15) is 0 Å². The molecule has 0 aliphatic rings. The Morgan fingerprint density at radius 1 is 1.15 bits per heavy atom. The van der Waals surface area contributed by atoms with Crippen molar-refractivity contribution in [3.8, 4) is 0 Å². The Hall–Kier alpha value is -0.160. The van der Waals surface area contributed by atoms with Crippen LogP contribution in [0.15, 0.2) is 0 Å². The van der Waals surface area contributed by atoms with Gasteiger partial charge in [0.05, 0.1) is 13.2 Å². The normalized spacial score (nSPS) is 16.2. The summed E-state index contributed by atoms with van der Waals surface area (Å²) in [6, 6.07) is 0.183. The lowest BCUT2D eigenvalue weighted by Crippen LogP contribution is -2.44. The van der Waals surface area contributed by atoms with Crippen LogP contribution in [0.4, 0.5) is 0 Å². The predicted octanol–water partition coefficient (Wildman–Crippen LogP) is -0.601. The highest BCUT2D eigenvalue weighted by atomic mass is 16.3. The third-order valence-electron chi connectivity index (χ3n) is 2.28. The Morgan fingerprint density at radius 3 is 1.92 bits per heavy atom. The van der Waals surface area contributed by atoms with Crippen LogP contribution in [0.25, 0.3) is 0 Å². The quantitative estimate of drug-likeness (QED) is 0.501. The molecule has 13 heavy (non-hydrogen) atoms. The second-order valence-corrected chi connectivity index (χ2v) is 3.44. The molecule has 0 saturated heterocycles. The molecule has 0 saturated carbocycles. The number of rotatable bonds is 7. The molecule has 4 heteroatoms. The summed E-state index contributed by atoms with van der Waals surface area (Å²) >= 11 is 0. The number of nitrogens with two attached hydrogens (primary N) is 1. The first-order valence-corrected chi connectivity index (χ1v) is 4.84. The molecule has 0 aliphatic carbocycles. The fourth-order valence-corrected chi connectivity index (χ4v) is 1.36. The second kappa shape index (κ2) is 7.26. The van der Waals surface area contributed by atoms with Crippen molar-refractivity contribution in [2.45, 2.75) is 32.4 Å². The molecule has 0 aromatic heterocycles. The van der Waals surface area contributed by atoms with Crippen LogP contribution in [-0.2, 0) is 0 Å². The van der Waals surface area contributed by atoms with Gasteiger partial charge in [0, 0.05) is 18.6 Å². The van der Waals surface area contributed by atoms with Crippen LogP contribution >= 0.6 is 0 Å². The van der Waals surface area contributed by atoms with Crippen LogP contribution in [0, 0.1) is 0 Å². The Kier molecular flexibility index (Phi) is 7.17. The van der Waals surface area contributed by atoms with E-state index < -0.39 is 0 Å². The van der Waals surface area contributed by atoms with Crippen molar-refractivity contribution in [1.82, 2.24) is 4.90 Å². The van der Waals surface area contributed by atoms with E-state index in [1.807, 2.05) is 13.8 Å². The molecule has 0 aromatic rings. The van der Waals surface area contributed by atoms with Crippen LogP contribution in [0.2, 0.25) is 0 Å². The number of hydrogen-bond donors (Lipinski definition) is 3. The van der Waals surface area contributed by atoms with E-state index in [0.29, 0.717) is 6.54 Å². The van der Waals surface area contributed by atoms with Gasteiger partial charge in [-0.15, -0.1) is 0 Å². The Bertz CT molecular complexity index is 112. The van der Waals surface area contributed by atoms with E-state index in [0.717, 1.165) is 13.0 Å². The summed E-state index contributed by atoms with van der Waals surface area (Å²) in [7, 11) is 0. The highest BCUT2D eigenvalue weighted by Crippen LogP contribution is 2.05. The standard InChI is InChI=1S/C9H22N2O2/c1-8(6-12)11(5-3-4-10)9(2)7-13/h8-9,12-13H,3-7,10H2,1-2H3. The van der Waals surface area contributed by atoms with Crippen LogP contribution in [-0.4, -0.2) is 53.5 Å². The summed E-state index contributed by atoms with van der Waals surface area (Å²) in [5.41, 5.74) is 5.41. The zero-order chi connectivity index (χ0) is 10.3. The minimum Gasteiger partial charge on any atom is -0.395 e. The van der Waals surface area contributed by atoms with Gasteiger partial charge < -0.3 is 15.9 Å². The van der Waals surface area contributed by atoms with E-state index in [2.05, 4.69) is 4.90 Å². The van der Waals surface area contributed by atoms with Crippen molar-refractivity contribution in [2.75, 3.05) is 26.3 Å². The zero-order valence-electron chi connectivity index (χ0n) is 8.61. The molecule has 0 bridgehead atoms. The molecule has 0 fully saturated rings. The molecule has 0 heterocycles. The van der Waals surface area contributed by atoms with Crippen LogP contribution in [0.5, 0.6) is 0 Å². The maximum atomic E-state index is 8.99. The second-order valence-electron chi connectivity index (χ2n) is 3.44. The van der Waals surface area contributed by atoms with E-state index in [-0.39, 0.29) is 25.3 Å². The van der Waals surface area contributed by atoms with Gasteiger partial charge in [-0.1, -0.05) is 0 Å². The van der Waals surface area contributed by atoms with Crippen molar-refractivity contribution in [3.05, 3.63) is 0 Å². The molecule has 0 amide bonds. The molecule has 0 rings (SSSR count). The van der Waals surface area contributed by atoms with E-state index in [9.17, 15) is 0 Å². The summed E-state index contributed by atoms with van der Waals surface area (Å²) < 4.78 is 0. The van der Waals surface area contributed by atoms with Crippen molar-refractivity contribution in [1.29, 1.82) is 0 Å². The molecule has 0 radical (unpaired) electrons. The summed E-state index contributed by atoms with van der Waals surface area (Å²) in [6.45, 7) is 5.61. The average Bonchev–Trinajstić information content (AvgIpc) is 2.17. The highest BCUT2D eigenvalue weighted by molar-refractivity contribution is 4.72. The van der Waals surface area contributed by atoms with Crippen molar-refractivity contribution >= 4 is 0 Å². The van der Waals surface area contributed by atoms with E-state index in [1.165, 1.54) is 0 Å². The fourth-order valence-electron chi connectivity index (χ4n) is 1.36. The Balaban J connectivity index is 4.01. The van der Waals surface area contributed by atoms with Crippen molar-refractivity contribution in [2.24, 2.45) is 5.73 Å². The van der Waals surface area contributed by atoms with E-state index >= 15 is 0 Å². The van der Waals surface area contributed by atoms with Crippen molar-refractivity contribution < 1.29 is 10.2 Å². The average molecular weight is 190 g/mol. The third-order valence-corrected chi connectivity index (χ3v) is 2.28. The van der Waals surface area contributed by atoms with Crippen molar-refractivity contribution in [3.63, 3.8) is 0 Å². The van der Waals surface area contributed by atoms with Crippen LogP contribution in [0.3, 0.4) is 0 Å². The van der Waals surface area contributed by atoms with Gasteiger partial charge >= 0.3 is 0 Å². The SMILES string of the molecule is CC(CO)N(CCCN)C(C)CO. The van der Waals surface area contributed by atoms with E-state index in [4.69, 9.17) is 15.9 Å². The highest BCUT2D eigenvalue weighted by Gasteiger charge is 2.17. The Morgan fingerprint density at radius 2 is 1.62 bits per heavy atom. The minimum absolute atomic E-state index is 0.0914. The lowest BCUT2D eigenvalue weighted by molar-refractivity contribution is 0.0676. The molecule has 0 aromatic carbocycles. The smallest absolute Gasteiger partial charge is 0.0584 e. The summed E-state index contributed by atoms with van der Waals surface area (Å²) in [5, 5.41) is 18.0. The van der Waals surface area contributed by atoms with Gasteiger partial charge in [0.15, 0.2) is 0 Å². The summed E-state index contributed by atoms with van der Waals surface area (Å²) in [4.78, 5) is 2.08. The molecule has 0 aliphatic heterocycles. The summed E-state index contributed by atoms with van der Waals surface area (Å²) in [5.74, 6) is 0. The summed E-state index contributed by atoms with van der Waals surface area (Å²) in [6.07, 6.45) is 0.898.